The molecule has 0 bridgehead atoms. The normalized spacial score (nSPS) is 11.1. The minimum absolute atomic E-state index is 0.203. The van der Waals surface area contributed by atoms with Crippen molar-refractivity contribution >= 4 is 23.4 Å². The molecule has 0 unspecified atom stereocenters. The van der Waals surface area contributed by atoms with Gasteiger partial charge < -0.3 is 4.74 Å². The van der Waals surface area contributed by atoms with Gasteiger partial charge in [-0.3, -0.25) is 4.79 Å². The zero-order chi connectivity index (χ0) is 15.8. The van der Waals surface area contributed by atoms with Crippen molar-refractivity contribution in [3.8, 4) is 5.75 Å². The van der Waals surface area contributed by atoms with E-state index in [0.717, 1.165) is 17.0 Å². The molecule has 1 heterocycles. The molecular weight excluding hydrogens is 300 g/mol. The first-order valence-corrected chi connectivity index (χ1v) is 7.55. The van der Waals surface area contributed by atoms with Crippen molar-refractivity contribution in [2.24, 2.45) is 5.10 Å². The Morgan fingerprint density at radius 2 is 1.95 bits per heavy atom. The molecule has 1 N–H and O–H groups in total. The Morgan fingerprint density at radius 1 is 1.27 bits per heavy atom. The minimum atomic E-state index is -0.203. The number of rotatable bonds is 6. The van der Waals surface area contributed by atoms with Gasteiger partial charge in [-0.15, -0.1) is 0 Å². The first kappa shape index (κ1) is 16.0. The Bertz CT molecular complexity index is 644. The van der Waals surface area contributed by atoms with Gasteiger partial charge in [-0.25, -0.2) is 15.4 Å². The fourth-order valence-corrected chi connectivity index (χ4v) is 2.16. The molecule has 2 aromatic rings. The average molecular weight is 316 g/mol. The number of methoxy groups -OCH3 is 1. The highest BCUT2D eigenvalue weighted by Gasteiger charge is 2.04. The molecule has 0 spiro atoms. The SMILES string of the molecule is COc1ccc(/C(C)=N\NC(=O)CSc2ncccn2)cc1. The monoisotopic (exact) mass is 316 g/mol. The number of carbonyl (C=O) groups excluding carboxylic acids is 1. The van der Waals surface area contributed by atoms with Gasteiger partial charge in [0.15, 0.2) is 5.16 Å². The predicted molar refractivity (Wildman–Crippen MR) is 86.1 cm³/mol. The first-order valence-electron chi connectivity index (χ1n) is 6.56. The summed E-state index contributed by atoms with van der Waals surface area (Å²) >= 11 is 1.26. The maximum Gasteiger partial charge on any atom is 0.250 e. The lowest BCUT2D eigenvalue weighted by molar-refractivity contribution is -0.118. The second-order valence-electron chi connectivity index (χ2n) is 4.28. The molecule has 0 saturated heterocycles. The summed E-state index contributed by atoms with van der Waals surface area (Å²) in [5.74, 6) is 0.786. The molecule has 7 heteroatoms. The number of amides is 1. The molecule has 0 radical (unpaired) electrons. The lowest BCUT2D eigenvalue weighted by atomic mass is 10.1. The number of hydrazone groups is 1. The molecule has 0 atom stereocenters. The first-order chi connectivity index (χ1) is 10.7. The zero-order valence-electron chi connectivity index (χ0n) is 12.3. The minimum Gasteiger partial charge on any atom is -0.497 e. The summed E-state index contributed by atoms with van der Waals surface area (Å²) in [4.78, 5) is 19.8. The standard InChI is InChI=1S/C15H16N4O2S/c1-11(12-4-6-13(21-2)7-5-12)18-19-14(20)10-22-15-16-8-3-9-17-15/h3-9H,10H2,1-2H3,(H,19,20)/b18-11-. The van der Waals surface area contributed by atoms with Crippen LogP contribution >= 0.6 is 11.8 Å². The number of hydrogen-bond donors (Lipinski definition) is 1. The average Bonchev–Trinajstić information content (AvgIpc) is 2.58. The number of aromatic nitrogens is 2. The molecule has 1 amide bonds. The van der Waals surface area contributed by atoms with Crippen molar-refractivity contribution in [3.63, 3.8) is 0 Å². The van der Waals surface area contributed by atoms with Crippen LogP contribution in [0, 0.1) is 0 Å². The summed E-state index contributed by atoms with van der Waals surface area (Å²) in [7, 11) is 1.62. The van der Waals surface area contributed by atoms with Gasteiger partial charge in [0.1, 0.15) is 5.75 Å². The van der Waals surface area contributed by atoms with Gasteiger partial charge in [-0.2, -0.15) is 5.10 Å². The molecule has 22 heavy (non-hydrogen) atoms. The number of nitrogens with one attached hydrogen (secondary N) is 1. The van der Waals surface area contributed by atoms with Crippen LogP contribution in [0.25, 0.3) is 0 Å². The number of nitrogens with zero attached hydrogens (tertiary/aromatic N) is 3. The van der Waals surface area contributed by atoms with Gasteiger partial charge in [-0.1, -0.05) is 11.8 Å². The fraction of sp³-hybridized carbons (Fsp3) is 0.200. The van der Waals surface area contributed by atoms with E-state index in [4.69, 9.17) is 4.74 Å². The largest absolute Gasteiger partial charge is 0.497 e. The van der Waals surface area contributed by atoms with Crippen LogP contribution in [0.4, 0.5) is 0 Å². The fourth-order valence-electron chi connectivity index (χ4n) is 1.57. The molecule has 1 aromatic heterocycles. The topological polar surface area (TPSA) is 76.5 Å². The molecule has 1 aromatic carbocycles. The van der Waals surface area contributed by atoms with Crippen LogP contribution in [-0.4, -0.2) is 34.4 Å². The van der Waals surface area contributed by atoms with Crippen LogP contribution in [0.1, 0.15) is 12.5 Å². The number of ether oxygens (including phenoxy) is 1. The van der Waals surface area contributed by atoms with Gasteiger partial charge in [0.05, 0.1) is 18.6 Å². The number of benzene rings is 1. The van der Waals surface area contributed by atoms with Crippen LogP contribution in [0.2, 0.25) is 0 Å². The van der Waals surface area contributed by atoms with Gasteiger partial charge in [0, 0.05) is 12.4 Å². The maximum atomic E-state index is 11.7. The lowest BCUT2D eigenvalue weighted by Gasteiger charge is -2.04. The van der Waals surface area contributed by atoms with E-state index < -0.39 is 0 Å². The number of carbonyl (C=O) groups is 1. The number of hydrogen-bond acceptors (Lipinski definition) is 6. The summed E-state index contributed by atoms with van der Waals surface area (Å²) in [5.41, 5.74) is 4.16. The second-order valence-corrected chi connectivity index (χ2v) is 5.22. The summed E-state index contributed by atoms with van der Waals surface area (Å²) in [6.07, 6.45) is 3.28. The van der Waals surface area contributed by atoms with E-state index in [0.29, 0.717) is 5.16 Å². The van der Waals surface area contributed by atoms with Gasteiger partial charge in [0.25, 0.3) is 5.91 Å². The smallest absolute Gasteiger partial charge is 0.250 e. The summed E-state index contributed by atoms with van der Waals surface area (Å²) in [5, 5.41) is 4.65. The summed E-state index contributed by atoms with van der Waals surface area (Å²) < 4.78 is 5.10. The van der Waals surface area contributed by atoms with E-state index in [1.54, 1.807) is 25.6 Å². The third kappa shape index (κ3) is 4.85. The Morgan fingerprint density at radius 3 is 2.59 bits per heavy atom. The Labute approximate surface area is 133 Å². The van der Waals surface area contributed by atoms with Gasteiger partial charge in [-0.05, 0) is 42.8 Å². The number of thioether (sulfide) groups is 1. The van der Waals surface area contributed by atoms with Crippen LogP contribution < -0.4 is 10.2 Å². The van der Waals surface area contributed by atoms with Crippen molar-refractivity contribution in [3.05, 3.63) is 48.3 Å². The molecule has 0 aliphatic carbocycles. The van der Waals surface area contributed by atoms with Crippen LogP contribution in [0.5, 0.6) is 5.75 Å². The highest BCUT2D eigenvalue weighted by Crippen LogP contribution is 2.12. The molecule has 0 aliphatic rings. The molecule has 114 valence electrons. The van der Waals surface area contributed by atoms with Crippen molar-refractivity contribution in [2.75, 3.05) is 12.9 Å². The van der Waals surface area contributed by atoms with Crippen LogP contribution in [-0.2, 0) is 4.79 Å². The van der Waals surface area contributed by atoms with Crippen molar-refractivity contribution in [2.45, 2.75) is 12.1 Å². The molecule has 0 fully saturated rings. The van der Waals surface area contributed by atoms with E-state index in [1.807, 2.05) is 31.2 Å². The van der Waals surface area contributed by atoms with Gasteiger partial charge >= 0.3 is 0 Å². The predicted octanol–water partition coefficient (Wildman–Crippen LogP) is 2.12. The lowest BCUT2D eigenvalue weighted by Crippen LogP contribution is -2.21. The van der Waals surface area contributed by atoms with Crippen molar-refractivity contribution in [1.82, 2.24) is 15.4 Å². The zero-order valence-corrected chi connectivity index (χ0v) is 13.1. The van der Waals surface area contributed by atoms with Crippen molar-refractivity contribution < 1.29 is 9.53 Å². The molecule has 0 saturated carbocycles. The third-order valence-electron chi connectivity index (χ3n) is 2.73. The quantitative estimate of drug-likeness (QED) is 0.382. The van der Waals surface area contributed by atoms with Crippen molar-refractivity contribution in [1.29, 1.82) is 0 Å². The Kier molecular flexibility index (Phi) is 5.91. The van der Waals surface area contributed by atoms with E-state index in [9.17, 15) is 4.79 Å². The Balaban J connectivity index is 1.85. The van der Waals surface area contributed by atoms with E-state index >= 15 is 0 Å². The molecule has 6 nitrogen and oxygen atoms in total. The second kappa shape index (κ2) is 8.14. The van der Waals surface area contributed by atoms with Crippen LogP contribution in [0.15, 0.2) is 53.0 Å². The van der Waals surface area contributed by atoms with E-state index in [2.05, 4.69) is 20.5 Å². The van der Waals surface area contributed by atoms with E-state index in [1.165, 1.54) is 11.8 Å². The maximum absolute atomic E-state index is 11.7. The van der Waals surface area contributed by atoms with Gasteiger partial charge in [0.2, 0.25) is 0 Å². The summed E-state index contributed by atoms with van der Waals surface area (Å²) in [6.45, 7) is 1.83. The Hall–Kier alpha value is -2.41. The summed E-state index contributed by atoms with van der Waals surface area (Å²) in [6, 6.07) is 9.19. The molecule has 0 aliphatic heterocycles. The third-order valence-corrected chi connectivity index (χ3v) is 3.61. The van der Waals surface area contributed by atoms with Crippen LogP contribution in [0.3, 0.4) is 0 Å². The molecule has 2 rings (SSSR count). The highest BCUT2D eigenvalue weighted by atomic mass is 32.2. The highest BCUT2D eigenvalue weighted by molar-refractivity contribution is 7.99. The van der Waals surface area contributed by atoms with E-state index in [-0.39, 0.29) is 11.7 Å². The molecular formula is C15H16N4O2S.